The van der Waals surface area contributed by atoms with Crippen molar-refractivity contribution in [3.8, 4) is 0 Å². The monoisotopic (exact) mass is 449 g/mol. The predicted octanol–water partition coefficient (Wildman–Crippen LogP) is 2.72. The van der Waals surface area contributed by atoms with Crippen LogP contribution in [0.3, 0.4) is 0 Å². The minimum Gasteiger partial charge on any atom is -0.383 e. The molecule has 1 aromatic carbocycles. The Kier molecular flexibility index (Phi) is 7.75. The maximum atomic E-state index is 13.5. The van der Waals surface area contributed by atoms with Gasteiger partial charge in [-0.1, -0.05) is 36.4 Å². The van der Waals surface area contributed by atoms with Crippen molar-refractivity contribution < 1.29 is 9.53 Å². The van der Waals surface area contributed by atoms with Crippen molar-refractivity contribution in [3.63, 3.8) is 0 Å². The van der Waals surface area contributed by atoms with Crippen molar-refractivity contribution in [2.45, 2.75) is 19.9 Å². The van der Waals surface area contributed by atoms with E-state index in [1.165, 1.54) is 5.56 Å². The van der Waals surface area contributed by atoms with Gasteiger partial charge in [0.25, 0.3) is 5.91 Å². The Bertz CT molecular complexity index is 1060. The number of imidazole rings is 1. The van der Waals surface area contributed by atoms with E-state index in [9.17, 15) is 4.79 Å². The molecule has 33 heavy (non-hydrogen) atoms. The summed E-state index contributed by atoms with van der Waals surface area (Å²) in [7, 11) is 3.62. The van der Waals surface area contributed by atoms with E-state index < -0.39 is 0 Å². The minimum absolute atomic E-state index is 0.0113. The Hall–Kier alpha value is -2.74. The second kappa shape index (κ2) is 10.9. The highest BCUT2D eigenvalue weighted by Crippen LogP contribution is 2.20. The van der Waals surface area contributed by atoms with Gasteiger partial charge in [-0.3, -0.25) is 14.6 Å². The largest absolute Gasteiger partial charge is 0.383 e. The van der Waals surface area contributed by atoms with Crippen LogP contribution in [0.15, 0.2) is 48.7 Å². The van der Waals surface area contributed by atoms with Crippen molar-refractivity contribution >= 4 is 11.6 Å². The third-order valence-electron chi connectivity index (χ3n) is 6.52. The fourth-order valence-corrected chi connectivity index (χ4v) is 4.40. The second-order valence-corrected chi connectivity index (χ2v) is 8.86. The summed E-state index contributed by atoms with van der Waals surface area (Å²) in [5.41, 5.74) is 4.73. The number of likely N-dealkylation sites (N-methyl/N-ethyl adjacent to an activating group) is 1. The van der Waals surface area contributed by atoms with Crippen LogP contribution >= 0.6 is 0 Å². The number of aromatic nitrogens is 2. The summed E-state index contributed by atoms with van der Waals surface area (Å²) in [5, 5.41) is 0. The van der Waals surface area contributed by atoms with Crippen LogP contribution in [0.25, 0.3) is 5.65 Å². The predicted molar refractivity (Wildman–Crippen MR) is 131 cm³/mol. The third-order valence-corrected chi connectivity index (χ3v) is 6.52. The molecule has 1 amide bonds. The highest BCUT2D eigenvalue weighted by molar-refractivity contribution is 5.94. The maximum Gasteiger partial charge on any atom is 0.274 e. The average molecular weight is 450 g/mol. The van der Waals surface area contributed by atoms with Crippen LogP contribution in [0.1, 0.15) is 27.3 Å². The van der Waals surface area contributed by atoms with Gasteiger partial charge in [0.2, 0.25) is 0 Å². The van der Waals surface area contributed by atoms with Gasteiger partial charge in [0.05, 0.1) is 12.3 Å². The molecule has 1 aliphatic rings. The minimum atomic E-state index is -0.0113. The van der Waals surface area contributed by atoms with E-state index >= 15 is 0 Å². The number of ether oxygens (including phenoxy) is 1. The smallest absolute Gasteiger partial charge is 0.274 e. The molecule has 0 aliphatic carbocycles. The molecule has 3 aromatic rings. The molecular weight excluding hydrogens is 414 g/mol. The van der Waals surface area contributed by atoms with Crippen LogP contribution in [-0.4, -0.2) is 90.0 Å². The molecule has 176 valence electrons. The SMILES string of the molecule is COCCN1CCN(Cc2c(C(=O)N(C)CCc3ccccc3)nc3c(C)cccn23)CC1. The van der Waals surface area contributed by atoms with Crippen molar-refractivity contribution in [2.24, 2.45) is 0 Å². The number of methoxy groups -OCH3 is 1. The number of pyridine rings is 1. The molecule has 0 saturated carbocycles. The van der Waals surface area contributed by atoms with E-state index in [1.807, 2.05) is 50.5 Å². The zero-order valence-corrected chi connectivity index (χ0v) is 20.0. The van der Waals surface area contributed by atoms with E-state index in [-0.39, 0.29) is 5.91 Å². The van der Waals surface area contributed by atoms with Gasteiger partial charge in [-0.2, -0.15) is 0 Å². The molecule has 0 unspecified atom stereocenters. The molecule has 0 bridgehead atoms. The number of nitrogens with zero attached hydrogens (tertiary/aromatic N) is 5. The quantitative estimate of drug-likeness (QED) is 0.503. The number of carbonyl (C=O) groups excluding carboxylic acids is 1. The molecule has 0 N–H and O–H groups in total. The van der Waals surface area contributed by atoms with Crippen molar-refractivity contribution in [2.75, 3.05) is 60.0 Å². The van der Waals surface area contributed by atoms with Gasteiger partial charge < -0.3 is 14.0 Å². The summed E-state index contributed by atoms with van der Waals surface area (Å²) >= 11 is 0. The summed E-state index contributed by atoms with van der Waals surface area (Å²) in [4.78, 5) is 25.0. The molecule has 7 heteroatoms. The van der Waals surface area contributed by atoms with Crippen LogP contribution in [0, 0.1) is 6.92 Å². The molecule has 3 heterocycles. The van der Waals surface area contributed by atoms with Crippen LogP contribution in [0.5, 0.6) is 0 Å². The van der Waals surface area contributed by atoms with E-state index in [4.69, 9.17) is 9.72 Å². The van der Waals surface area contributed by atoms with Crippen molar-refractivity contribution in [1.82, 2.24) is 24.1 Å². The molecule has 0 radical (unpaired) electrons. The maximum absolute atomic E-state index is 13.5. The van der Waals surface area contributed by atoms with Gasteiger partial charge >= 0.3 is 0 Å². The lowest BCUT2D eigenvalue weighted by Gasteiger charge is -2.34. The van der Waals surface area contributed by atoms with E-state index in [2.05, 4.69) is 26.3 Å². The zero-order chi connectivity index (χ0) is 23.2. The fourth-order valence-electron chi connectivity index (χ4n) is 4.40. The Morgan fingerprint density at radius 2 is 1.79 bits per heavy atom. The molecule has 2 aromatic heterocycles. The van der Waals surface area contributed by atoms with Gasteiger partial charge in [-0.05, 0) is 30.5 Å². The zero-order valence-electron chi connectivity index (χ0n) is 20.0. The highest BCUT2D eigenvalue weighted by atomic mass is 16.5. The summed E-state index contributed by atoms with van der Waals surface area (Å²) in [6.07, 6.45) is 2.86. The third kappa shape index (κ3) is 5.61. The lowest BCUT2D eigenvalue weighted by molar-refractivity contribution is 0.0782. The van der Waals surface area contributed by atoms with E-state index in [1.54, 1.807) is 12.0 Å². The van der Waals surface area contributed by atoms with Crippen LogP contribution in [-0.2, 0) is 17.7 Å². The number of fused-ring (bicyclic) bond motifs is 1. The fraction of sp³-hybridized carbons (Fsp3) is 0.462. The topological polar surface area (TPSA) is 53.3 Å². The molecule has 1 fully saturated rings. The van der Waals surface area contributed by atoms with Gasteiger partial charge in [-0.25, -0.2) is 4.98 Å². The number of amides is 1. The van der Waals surface area contributed by atoms with Crippen molar-refractivity contribution in [3.05, 3.63) is 71.2 Å². The molecule has 1 saturated heterocycles. The first-order chi connectivity index (χ1) is 16.1. The van der Waals surface area contributed by atoms with Gasteiger partial charge in [0.15, 0.2) is 5.69 Å². The van der Waals surface area contributed by atoms with Gasteiger partial charge in [0, 0.05) is 66.2 Å². The summed E-state index contributed by atoms with van der Waals surface area (Å²) in [6.45, 7) is 9.13. The first-order valence-electron chi connectivity index (χ1n) is 11.8. The van der Waals surface area contributed by atoms with E-state index in [0.717, 1.165) is 69.2 Å². The Balaban J connectivity index is 1.51. The van der Waals surface area contributed by atoms with Crippen LogP contribution in [0.2, 0.25) is 0 Å². The summed E-state index contributed by atoms with van der Waals surface area (Å²) in [6, 6.07) is 14.4. The number of carbonyl (C=O) groups is 1. The van der Waals surface area contributed by atoms with Gasteiger partial charge in [0.1, 0.15) is 5.65 Å². The van der Waals surface area contributed by atoms with Crippen molar-refractivity contribution in [1.29, 1.82) is 0 Å². The van der Waals surface area contributed by atoms with E-state index in [0.29, 0.717) is 12.2 Å². The number of hydrogen-bond donors (Lipinski definition) is 0. The normalized spacial score (nSPS) is 15.2. The number of hydrogen-bond acceptors (Lipinski definition) is 5. The lowest BCUT2D eigenvalue weighted by atomic mass is 10.1. The molecule has 7 nitrogen and oxygen atoms in total. The molecule has 0 atom stereocenters. The number of benzene rings is 1. The lowest BCUT2D eigenvalue weighted by Crippen LogP contribution is -2.47. The number of piperazine rings is 1. The molecule has 4 rings (SSSR count). The Morgan fingerprint density at radius 3 is 2.52 bits per heavy atom. The Morgan fingerprint density at radius 1 is 1.06 bits per heavy atom. The molecule has 0 spiro atoms. The summed E-state index contributed by atoms with van der Waals surface area (Å²) in [5.74, 6) is -0.0113. The number of rotatable bonds is 9. The summed E-state index contributed by atoms with van der Waals surface area (Å²) < 4.78 is 7.32. The average Bonchev–Trinajstić information content (AvgIpc) is 3.22. The standard InChI is InChI=1S/C26H35N5O2/c1-21-8-7-12-31-23(20-30-16-14-29(15-17-30)18-19-33-3)24(27-25(21)31)26(32)28(2)13-11-22-9-5-4-6-10-22/h4-10,12H,11,13-20H2,1-3H3. The van der Waals surface area contributed by atoms with Gasteiger partial charge in [-0.15, -0.1) is 0 Å². The Labute approximate surface area is 196 Å². The molecular formula is C26H35N5O2. The van der Waals surface area contributed by atoms with Crippen LogP contribution < -0.4 is 0 Å². The number of aryl methyl sites for hydroxylation is 1. The molecule has 1 aliphatic heterocycles. The highest BCUT2D eigenvalue weighted by Gasteiger charge is 2.25. The first-order valence-corrected chi connectivity index (χ1v) is 11.8. The first kappa shape index (κ1) is 23.4. The second-order valence-electron chi connectivity index (χ2n) is 8.86. The van der Waals surface area contributed by atoms with Crippen LogP contribution in [0.4, 0.5) is 0 Å².